The van der Waals surface area contributed by atoms with Crippen LogP contribution in [0.25, 0.3) is 11.0 Å². The van der Waals surface area contributed by atoms with Gasteiger partial charge in [-0.05, 0) is 37.8 Å². The highest BCUT2D eigenvalue weighted by molar-refractivity contribution is 5.85. The largest absolute Gasteiger partial charge is 0.488 e. The van der Waals surface area contributed by atoms with Gasteiger partial charge in [0.2, 0.25) is 5.82 Å². The Morgan fingerprint density at radius 1 is 1.03 bits per heavy atom. The van der Waals surface area contributed by atoms with E-state index in [2.05, 4.69) is 42.3 Å². The van der Waals surface area contributed by atoms with Gasteiger partial charge in [0.1, 0.15) is 23.2 Å². The van der Waals surface area contributed by atoms with E-state index in [9.17, 15) is 0 Å². The number of aromatic nitrogens is 4. The predicted molar refractivity (Wildman–Crippen MR) is 120 cm³/mol. The molecule has 0 amide bonds. The Hall–Kier alpha value is -3.51. The average Bonchev–Trinajstić information content (AvgIpc) is 2.86. The smallest absolute Gasteiger partial charge is 0.234 e. The van der Waals surface area contributed by atoms with E-state index >= 15 is 0 Å². The fourth-order valence-corrected chi connectivity index (χ4v) is 4.33. The number of nitriles is 1. The van der Waals surface area contributed by atoms with E-state index in [0.717, 1.165) is 74.5 Å². The molecule has 3 aromatic rings. The first-order valence-corrected chi connectivity index (χ1v) is 11.0. The molecule has 1 aromatic carbocycles. The zero-order valence-electron chi connectivity index (χ0n) is 17.8. The Bertz CT molecular complexity index is 1120. The molecule has 0 spiro atoms. The van der Waals surface area contributed by atoms with Crippen molar-refractivity contribution in [2.45, 2.75) is 37.8 Å². The van der Waals surface area contributed by atoms with E-state index in [1.807, 2.05) is 6.07 Å². The van der Waals surface area contributed by atoms with E-state index < -0.39 is 0 Å². The molecule has 9 nitrogen and oxygen atoms in total. The van der Waals surface area contributed by atoms with Gasteiger partial charge in [-0.2, -0.15) is 5.26 Å². The van der Waals surface area contributed by atoms with Crippen LogP contribution in [0.5, 0.6) is 5.75 Å². The van der Waals surface area contributed by atoms with E-state index in [1.165, 1.54) is 0 Å². The Labute approximate surface area is 186 Å². The summed E-state index contributed by atoms with van der Waals surface area (Å²) < 4.78 is 12.0. The highest BCUT2D eigenvalue weighted by atomic mass is 16.5. The number of fused-ring (bicyclic) bond motifs is 1. The van der Waals surface area contributed by atoms with Gasteiger partial charge in [0.15, 0.2) is 0 Å². The predicted octanol–water partition coefficient (Wildman–Crippen LogP) is 2.93. The quantitative estimate of drug-likeness (QED) is 0.652. The molecular weight excluding hydrogens is 406 g/mol. The minimum Gasteiger partial charge on any atom is -0.488 e. The molecule has 2 aromatic heterocycles. The Balaban J connectivity index is 1.27. The topological polar surface area (TPSA) is 109 Å². The third kappa shape index (κ3) is 4.55. The van der Waals surface area contributed by atoms with Crippen molar-refractivity contribution in [3.63, 3.8) is 0 Å². The molecule has 9 heteroatoms. The van der Waals surface area contributed by atoms with Crippen LogP contribution >= 0.6 is 0 Å². The first-order valence-electron chi connectivity index (χ1n) is 11.0. The van der Waals surface area contributed by atoms with Crippen molar-refractivity contribution in [3.05, 3.63) is 42.6 Å². The maximum absolute atomic E-state index is 8.98. The van der Waals surface area contributed by atoms with Gasteiger partial charge in [0.05, 0.1) is 24.8 Å². The highest BCUT2D eigenvalue weighted by Crippen LogP contribution is 2.33. The number of anilines is 2. The van der Waals surface area contributed by atoms with Gasteiger partial charge >= 0.3 is 0 Å². The maximum Gasteiger partial charge on any atom is 0.234 e. The molecule has 1 aliphatic carbocycles. The van der Waals surface area contributed by atoms with Crippen molar-refractivity contribution in [2.75, 3.05) is 36.5 Å². The lowest BCUT2D eigenvalue weighted by Crippen LogP contribution is -2.36. The zero-order chi connectivity index (χ0) is 21.8. The molecule has 164 valence electrons. The second kappa shape index (κ2) is 9.32. The Morgan fingerprint density at radius 2 is 1.84 bits per heavy atom. The van der Waals surface area contributed by atoms with Crippen molar-refractivity contribution in [2.24, 2.45) is 0 Å². The lowest BCUT2D eigenvalue weighted by Gasteiger charge is -2.31. The number of nitrogens with one attached hydrogen (secondary N) is 1. The van der Waals surface area contributed by atoms with Crippen LogP contribution in [0.4, 0.5) is 11.5 Å². The summed E-state index contributed by atoms with van der Waals surface area (Å²) in [5.41, 5.74) is 2.75. The molecule has 1 saturated heterocycles. The summed E-state index contributed by atoms with van der Waals surface area (Å²) in [4.78, 5) is 19.5. The summed E-state index contributed by atoms with van der Waals surface area (Å²) in [6.07, 6.45) is 8.94. The Morgan fingerprint density at radius 3 is 2.66 bits per heavy atom. The second-order valence-electron chi connectivity index (χ2n) is 8.08. The van der Waals surface area contributed by atoms with Gasteiger partial charge in [-0.15, -0.1) is 0 Å². The van der Waals surface area contributed by atoms with Crippen molar-refractivity contribution in [1.82, 2.24) is 19.9 Å². The molecule has 3 heterocycles. The normalized spacial score (nSPS) is 21.2. The number of hydrogen-bond acceptors (Lipinski definition) is 9. The van der Waals surface area contributed by atoms with Crippen molar-refractivity contribution < 1.29 is 9.47 Å². The molecule has 1 aliphatic heterocycles. The number of benzene rings is 1. The average molecular weight is 432 g/mol. The van der Waals surface area contributed by atoms with Gasteiger partial charge in [-0.3, -0.25) is 4.98 Å². The van der Waals surface area contributed by atoms with Crippen LogP contribution in [-0.2, 0) is 4.74 Å². The number of hydrogen-bond donors (Lipinski definition) is 1. The van der Waals surface area contributed by atoms with Crippen molar-refractivity contribution in [1.29, 1.82) is 5.26 Å². The summed E-state index contributed by atoms with van der Waals surface area (Å²) in [6, 6.07) is 8.25. The fraction of sp³-hybridized carbons (Fsp3) is 0.435. The monoisotopic (exact) mass is 431 g/mol. The minimum absolute atomic E-state index is 0.123. The van der Waals surface area contributed by atoms with E-state index in [0.29, 0.717) is 11.9 Å². The molecule has 32 heavy (non-hydrogen) atoms. The van der Waals surface area contributed by atoms with Gasteiger partial charge in [-0.1, -0.05) is 0 Å². The van der Waals surface area contributed by atoms with Gasteiger partial charge in [0, 0.05) is 49.5 Å². The third-order valence-corrected chi connectivity index (χ3v) is 5.98. The molecule has 1 N–H and O–H groups in total. The van der Waals surface area contributed by atoms with Gasteiger partial charge in [-0.25, -0.2) is 15.0 Å². The molecule has 5 rings (SSSR count). The number of ether oxygens (including phenoxy) is 2. The van der Waals surface area contributed by atoms with Crippen LogP contribution in [-0.4, -0.2) is 58.4 Å². The van der Waals surface area contributed by atoms with Gasteiger partial charge < -0.3 is 19.7 Å². The Kier molecular flexibility index (Phi) is 5.94. The number of rotatable bonds is 5. The van der Waals surface area contributed by atoms with Crippen LogP contribution in [0.3, 0.4) is 0 Å². The molecule has 2 aliphatic rings. The SMILES string of the molecule is N#Cc1nccc(NC2CCC(Oc3cc(N4CCOCC4)cc4nccnc34)CC2)n1. The van der Waals surface area contributed by atoms with Crippen LogP contribution < -0.4 is 15.0 Å². The summed E-state index contributed by atoms with van der Waals surface area (Å²) in [7, 11) is 0. The first kappa shape index (κ1) is 20.4. The second-order valence-corrected chi connectivity index (χ2v) is 8.08. The van der Waals surface area contributed by atoms with E-state index in [1.54, 1.807) is 24.7 Å². The lowest BCUT2D eigenvalue weighted by molar-refractivity contribution is 0.122. The standard InChI is InChI=1S/C23H25N7O2/c24-15-22-26-6-5-21(29-22)28-16-1-3-18(4-2-16)32-20-14-17(30-9-11-31-12-10-30)13-19-23(20)27-8-7-25-19/h5-8,13-14,16,18H,1-4,9-12H2,(H,26,28,29). The highest BCUT2D eigenvalue weighted by Gasteiger charge is 2.24. The zero-order valence-corrected chi connectivity index (χ0v) is 17.8. The molecule has 0 atom stereocenters. The maximum atomic E-state index is 8.98. The van der Waals surface area contributed by atoms with Crippen LogP contribution in [0.15, 0.2) is 36.8 Å². The summed E-state index contributed by atoms with van der Waals surface area (Å²) in [5, 5.41) is 12.4. The lowest BCUT2D eigenvalue weighted by atomic mass is 9.93. The van der Waals surface area contributed by atoms with E-state index in [4.69, 9.17) is 14.7 Å². The number of morpholine rings is 1. The van der Waals surface area contributed by atoms with Crippen molar-refractivity contribution in [3.8, 4) is 11.8 Å². The fourth-order valence-electron chi connectivity index (χ4n) is 4.33. The molecule has 0 bridgehead atoms. The minimum atomic E-state index is 0.123. The van der Waals surface area contributed by atoms with Crippen LogP contribution in [0.1, 0.15) is 31.5 Å². The molecule has 2 fully saturated rings. The molecular formula is C23H25N7O2. The molecule has 0 unspecified atom stereocenters. The molecule has 0 radical (unpaired) electrons. The summed E-state index contributed by atoms with van der Waals surface area (Å²) in [6.45, 7) is 3.18. The third-order valence-electron chi connectivity index (χ3n) is 5.98. The molecule has 1 saturated carbocycles. The van der Waals surface area contributed by atoms with Crippen LogP contribution in [0.2, 0.25) is 0 Å². The van der Waals surface area contributed by atoms with Crippen LogP contribution in [0, 0.1) is 11.3 Å². The first-order chi connectivity index (χ1) is 15.8. The summed E-state index contributed by atoms with van der Waals surface area (Å²) >= 11 is 0. The van der Waals surface area contributed by atoms with Crippen molar-refractivity contribution >= 4 is 22.5 Å². The van der Waals surface area contributed by atoms with E-state index in [-0.39, 0.29) is 11.9 Å². The summed E-state index contributed by atoms with van der Waals surface area (Å²) in [5.74, 6) is 1.67. The number of nitrogens with zero attached hydrogens (tertiary/aromatic N) is 6. The van der Waals surface area contributed by atoms with Gasteiger partial charge in [0.25, 0.3) is 0 Å².